The van der Waals surface area contributed by atoms with Gasteiger partial charge in [0.25, 0.3) is 0 Å². The Morgan fingerprint density at radius 3 is 2.65 bits per heavy atom. The first-order valence-corrected chi connectivity index (χ1v) is 10.2. The zero-order chi connectivity index (χ0) is 16.2. The molecule has 0 radical (unpaired) electrons. The van der Waals surface area contributed by atoms with Crippen LogP contribution in [0.25, 0.3) is 0 Å². The third kappa shape index (κ3) is 3.85. The van der Waals surface area contributed by atoms with E-state index in [9.17, 15) is 9.00 Å². The van der Waals surface area contributed by atoms with E-state index < -0.39 is 10.8 Å². The van der Waals surface area contributed by atoms with Crippen molar-refractivity contribution in [3.8, 4) is 0 Å². The van der Waals surface area contributed by atoms with Crippen LogP contribution in [0.4, 0.5) is 0 Å². The molecule has 1 heterocycles. The molecule has 1 amide bonds. The van der Waals surface area contributed by atoms with E-state index >= 15 is 0 Å². The second-order valence-electron chi connectivity index (χ2n) is 5.61. The minimum atomic E-state index is -0.979. The van der Waals surface area contributed by atoms with E-state index in [-0.39, 0.29) is 17.9 Å². The molecule has 0 fully saturated rings. The maximum atomic E-state index is 12.7. The zero-order valence-electron chi connectivity index (χ0n) is 12.9. The van der Waals surface area contributed by atoms with Gasteiger partial charge in [0.2, 0.25) is 5.91 Å². The van der Waals surface area contributed by atoms with Gasteiger partial charge in [0.15, 0.2) is 0 Å². The summed E-state index contributed by atoms with van der Waals surface area (Å²) in [5.74, 6) is 1.08. The fourth-order valence-corrected chi connectivity index (χ4v) is 4.77. The molecule has 23 heavy (non-hydrogen) atoms. The summed E-state index contributed by atoms with van der Waals surface area (Å²) in [6.07, 6.45) is 1.67. The summed E-state index contributed by atoms with van der Waals surface area (Å²) in [5.41, 5.74) is 2.09. The molecule has 3 atom stereocenters. The van der Waals surface area contributed by atoms with Gasteiger partial charge in [-0.1, -0.05) is 48.5 Å². The van der Waals surface area contributed by atoms with E-state index in [0.717, 1.165) is 16.9 Å². The van der Waals surface area contributed by atoms with Crippen LogP contribution >= 0.6 is 11.8 Å². The Labute approximate surface area is 143 Å². The van der Waals surface area contributed by atoms with E-state index in [1.807, 2.05) is 48.5 Å². The number of hydrogen-bond acceptors (Lipinski definition) is 3. The van der Waals surface area contributed by atoms with Crippen molar-refractivity contribution in [1.29, 1.82) is 0 Å². The summed E-state index contributed by atoms with van der Waals surface area (Å²) in [6.45, 7) is 0. The van der Waals surface area contributed by atoms with Crippen LogP contribution in [0, 0.1) is 0 Å². The van der Waals surface area contributed by atoms with Crippen LogP contribution in [0.1, 0.15) is 23.1 Å². The Hall–Kier alpha value is -1.59. The molecule has 120 valence electrons. The average Bonchev–Trinajstić information content (AvgIpc) is 2.99. The van der Waals surface area contributed by atoms with Crippen LogP contribution < -0.4 is 5.32 Å². The number of fused-ring (bicyclic) bond motifs is 1. The van der Waals surface area contributed by atoms with Crippen LogP contribution in [-0.2, 0) is 15.6 Å². The third-order valence-electron chi connectivity index (χ3n) is 3.94. The van der Waals surface area contributed by atoms with Crippen LogP contribution in [0.3, 0.4) is 0 Å². The molecule has 1 N–H and O–H groups in total. The molecule has 3 rings (SSSR count). The van der Waals surface area contributed by atoms with E-state index in [1.165, 1.54) is 4.90 Å². The number of rotatable bonds is 5. The Bertz CT molecular complexity index is 718. The van der Waals surface area contributed by atoms with Crippen LogP contribution in [0.2, 0.25) is 0 Å². The molecule has 1 aliphatic heterocycles. The Morgan fingerprint density at radius 1 is 1.22 bits per heavy atom. The summed E-state index contributed by atoms with van der Waals surface area (Å²) >= 11 is 1.72. The molecule has 0 aliphatic carbocycles. The first-order chi connectivity index (χ1) is 11.1. The van der Waals surface area contributed by atoms with Crippen molar-refractivity contribution in [1.82, 2.24) is 5.32 Å². The normalized spacial score (nSPS) is 18.9. The lowest BCUT2D eigenvalue weighted by atomic mass is 9.99. The molecule has 2 aromatic rings. The second-order valence-corrected chi connectivity index (χ2v) is 8.15. The maximum absolute atomic E-state index is 12.7. The number of hydrogen-bond donors (Lipinski definition) is 1. The van der Waals surface area contributed by atoms with Gasteiger partial charge in [0, 0.05) is 33.5 Å². The molecule has 0 aromatic heterocycles. The number of benzene rings is 2. The molecule has 0 spiro atoms. The van der Waals surface area contributed by atoms with Crippen molar-refractivity contribution in [2.45, 2.75) is 16.9 Å². The zero-order valence-corrected chi connectivity index (χ0v) is 14.5. The van der Waals surface area contributed by atoms with E-state index in [2.05, 4.69) is 11.4 Å². The Kier molecular flexibility index (Phi) is 5.18. The van der Waals surface area contributed by atoms with Gasteiger partial charge in [0.1, 0.15) is 0 Å². The highest BCUT2D eigenvalue weighted by Crippen LogP contribution is 2.39. The van der Waals surface area contributed by atoms with Gasteiger partial charge in [-0.25, -0.2) is 0 Å². The van der Waals surface area contributed by atoms with Crippen molar-refractivity contribution in [3.63, 3.8) is 0 Å². The maximum Gasteiger partial charge on any atom is 0.228 e. The first kappa shape index (κ1) is 16.3. The number of carbonyl (C=O) groups excluding carboxylic acids is 1. The summed E-state index contributed by atoms with van der Waals surface area (Å²) in [4.78, 5) is 13.9. The predicted molar refractivity (Wildman–Crippen MR) is 96.2 cm³/mol. The van der Waals surface area contributed by atoms with Gasteiger partial charge < -0.3 is 5.32 Å². The van der Waals surface area contributed by atoms with E-state index in [0.29, 0.717) is 5.75 Å². The minimum Gasteiger partial charge on any atom is -0.348 e. The Balaban J connectivity index is 1.78. The number of nitrogens with one attached hydrogen (secondary N) is 1. The van der Waals surface area contributed by atoms with Crippen molar-refractivity contribution >= 4 is 28.5 Å². The molecule has 2 aromatic carbocycles. The lowest BCUT2D eigenvalue weighted by molar-refractivity contribution is -0.122. The third-order valence-corrected chi connectivity index (χ3v) is 5.92. The van der Waals surface area contributed by atoms with Gasteiger partial charge in [-0.3, -0.25) is 9.00 Å². The molecular weight excluding hydrogens is 326 g/mol. The molecule has 1 aliphatic rings. The number of carbonyl (C=O) groups is 1. The standard InChI is InChI=1S/C18H19NO2S2/c1-23(21)12-16(13-7-3-2-4-8-13)19-18(20)15-11-22-17-10-6-5-9-14(15)17/h2-10,15-16H,11-12H2,1H3,(H,19,20). The molecule has 0 saturated carbocycles. The molecule has 3 nitrogen and oxygen atoms in total. The summed E-state index contributed by atoms with van der Waals surface area (Å²) < 4.78 is 11.7. The lowest BCUT2D eigenvalue weighted by Gasteiger charge is -2.20. The highest BCUT2D eigenvalue weighted by molar-refractivity contribution is 7.99. The number of thioether (sulfide) groups is 1. The minimum absolute atomic E-state index is 0.0155. The molecule has 0 bridgehead atoms. The second kappa shape index (κ2) is 7.32. The monoisotopic (exact) mass is 345 g/mol. The lowest BCUT2D eigenvalue weighted by Crippen LogP contribution is -2.35. The van der Waals surface area contributed by atoms with Crippen molar-refractivity contribution in [2.75, 3.05) is 17.8 Å². The highest BCUT2D eigenvalue weighted by atomic mass is 32.2. The largest absolute Gasteiger partial charge is 0.348 e. The summed E-state index contributed by atoms with van der Waals surface area (Å²) in [5, 5.41) is 3.10. The number of amides is 1. The molecule has 3 unspecified atom stereocenters. The summed E-state index contributed by atoms with van der Waals surface area (Å²) in [6, 6.07) is 17.6. The predicted octanol–water partition coefficient (Wildman–Crippen LogP) is 3.11. The highest BCUT2D eigenvalue weighted by Gasteiger charge is 2.30. The van der Waals surface area contributed by atoms with Gasteiger partial charge in [0.05, 0.1) is 12.0 Å². The van der Waals surface area contributed by atoms with Gasteiger partial charge in [-0.15, -0.1) is 11.8 Å². The van der Waals surface area contributed by atoms with Gasteiger partial charge in [-0.2, -0.15) is 0 Å². The van der Waals surface area contributed by atoms with Crippen LogP contribution in [0.15, 0.2) is 59.5 Å². The Morgan fingerprint density at radius 2 is 1.91 bits per heavy atom. The van der Waals surface area contributed by atoms with Gasteiger partial charge >= 0.3 is 0 Å². The SMILES string of the molecule is CS(=O)CC(NC(=O)C1CSc2ccccc21)c1ccccc1. The average molecular weight is 345 g/mol. The van der Waals surface area contributed by atoms with Crippen LogP contribution in [0.5, 0.6) is 0 Å². The van der Waals surface area contributed by atoms with Crippen molar-refractivity contribution in [2.24, 2.45) is 0 Å². The quantitative estimate of drug-likeness (QED) is 0.906. The van der Waals surface area contributed by atoms with Crippen molar-refractivity contribution in [3.05, 3.63) is 65.7 Å². The fraction of sp³-hybridized carbons (Fsp3) is 0.278. The van der Waals surface area contributed by atoms with Crippen molar-refractivity contribution < 1.29 is 9.00 Å². The van der Waals surface area contributed by atoms with Gasteiger partial charge in [-0.05, 0) is 17.2 Å². The molecular formula is C18H19NO2S2. The van der Waals surface area contributed by atoms with E-state index in [4.69, 9.17) is 0 Å². The molecule has 5 heteroatoms. The van der Waals surface area contributed by atoms with E-state index in [1.54, 1.807) is 18.0 Å². The topological polar surface area (TPSA) is 46.2 Å². The summed E-state index contributed by atoms with van der Waals surface area (Å²) in [7, 11) is -0.979. The first-order valence-electron chi connectivity index (χ1n) is 7.52. The smallest absolute Gasteiger partial charge is 0.228 e. The molecule has 0 saturated heterocycles. The van der Waals surface area contributed by atoms with Crippen LogP contribution in [-0.4, -0.2) is 27.9 Å². The fourth-order valence-electron chi connectivity index (χ4n) is 2.79.